The van der Waals surface area contributed by atoms with E-state index in [0.717, 1.165) is 11.3 Å². The Kier molecular flexibility index (Phi) is 4.22. The average Bonchev–Trinajstić information content (AvgIpc) is 2.84. The highest BCUT2D eigenvalue weighted by molar-refractivity contribution is 5.99. The van der Waals surface area contributed by atoms with E-state index in [2.05, 4.69) is 15.6 Å². The maximum absolute atomic E-state index is 12.3. The number of hydrogen-bond acceptors (Lipinski definition) is 4. The molecule has 1 aromatic heterocycles. The summed E-state index contributed by atoms with van der Waals surface area (Å²) in [5, 5.41) is 18.7. The molecule has 0 saturated carbocycles. The zero-order valence-corrected chi connectivity index (χ0v) is 11.8. The smallest absolute Gasteiger partial charge is 0.255 e. The fraction of sp³-hybridized carbons (Fsp3) is 0.214. The van der Waals surface area contributed by atoms with Gasteiger partial charge in [-0.3, -0.25) is 9.48 Å². The summed E-state index contributed by atoms with van der Waals surface area (Å²) in [5.41, 5.74) is 7.59. The molecular formula is C14H17N5O2. The molecule has 1 amide bonds. The molecule has 1 atom stereocenters. The first-order valence-corrected chi connectivity index (χ1v) is 6.36. The van der Waals surface area contributed by atoms with E-state index in [1.165, 1.54) is 6.20 Å². The second-order valence-corrected chi connectivity index (χ2v) is 4.61. The van der Waals surface area contributed by atoms with E-state index in [9.17, 15) is 4.79 Å². The number of benzene rings is 1. The van der Waals surface area contributed by atoms with Crippen LogP contribution in [0.25, 0.3) is 0 Å². The van der Waals surface area contributed by atoms with Crippen LogP contribution in [0.4, 0.5) is 0 Å². The first-order chi connectivity index (χ1) is 10.0. The van der Waals surface area contributed by atoms with Crippen LogP contribution in [0.1, 0.15) is 27.7 Å². The second-order valence-electron chi connectivity index (χ2n) is 4.61. The third-order valence-electron chi connectivity index (χ3n) is 3.30. The van der Waals surface area contributed by atoms with E-state index in [0.29, 0.717) is 5.56 Å². The lowest BCUT2D eigenvalue weighted by Gasteiger charge is -2.17. The number of nitrogens with zero attached hydrogens (tertiary/aromatic N) is 3. The van der Waals surface area contributed by atoms with Crippen molar-refractivity contribution >= 4 is 11.7 Å². The van der Waals surface area contributed by atoms with Crippen molar-refractivity contribution in [3.8, 4) is 0 Å². The van der Waals surface area contributed by atoms with Gasteiger partial charge in [0, 0.05) is 12.7 Å². The van der Waals surface area contributed by atoms with Gasteiger partial charge >= 0.3 is 0 Å². The van der Waals surface area contributed by atoms with Crippen molar-refractivity contribution in [2.75, 3.05) is 0 Å². The topological polar surface area (TPSA) is 106 Å². The number of amidine groups is 1. The molecule has 2 rings (SSSR count). The second kappa shape index (κ2) is 6.08. The lowest BCUT2D eigenvalue weighted by Crippen LogP contribution is -2.37. The summed E-state index contributed by atoms with van der Waals surface area (Å²) in [6.45, 7) is 1.79. The van der Waals surface area contributed by atoms with Crippen molar-refractivity contribution in [1.82, 2.24) is 15.1 Å². The van der Waals surface area contributed by atoms with Crippen LogP contribution in [0.5, 0.6) is 0 Å². The van der Waals surface area contributed by atoms with E-state index >= 15 is 0 Å². The molecule has 7 heteroatoms. The molecule has 4 N–H and O–H groups in total. The molecule has 21 heavy (non-hydrogen) atoms. The number of rotatable bonds is 4. The maximum atomic E-state index is 12.3. The molecule has 0 aliphatic rings. The van der Waals surface area contributed by atoms with Gasteiger partial charge in [0.1, 0.15) is 6.04 Å². The summed E-state index contributed by atoms with van der Waals surface area (Å²) in [6.07, 6.45) is 1.49. The van der Waals surface area contributed by atoms with Crippen LogP contribution < -0.4 is 11.1 Å². The number of nitrogens with one attached hydrogen (secondary N) is 1. The Labute approximate surface area is 122 Å². The van der Waals surface area contributed by atoms with E-state index in [4.69, 9.17) is 10.9 Å². The molecule has 110 valence electrons. The number of carbonyl (C=O) groups excluding carboxylic acids is 1. The van der Waals surface area contributed by atoms with Crippen molar-refractivity contribution < 1.29 is 10.0 Å². The van der Waals surface area contributed by atoms with Gasteiger partial charge in [0.15, 0.2) is 5.84 Å². The summed E-state index contributed by atoms with van der Waals surface area (Å²) in [4.78, 5) is 12.3. The van der Waals surface area contributed by atoms with Crippen LogP contribution in [0.3, 0.4) is 0 Å². The summed E-state index contributed by atoms with van der Waals surface area (Å²) in [6, 6.07) is 8.35. The van der Waals surface area contributed by atoms with Crippen LogP contribution in [0.15, 0.2) is 41.7 Å². The molecule has 1 unspecified atom stereocenters. The van der Waals surface area contributed by atoms with E-state index in [1.807, 2.05) is 18.2 Å². The number of oxime groups is 1. The molecule has 7 nitrogen and oxygen atoms in total. The first-order valence-electron chi connectivity index (χ1n) is 6.36. The van der Waals surface area contributed by atoms with Crippen LogP contribution >= 0.6 is 0 Å². The van der Waals surface area contributed by atoms with Gasteiger partial charge in [-0.2, -0.15) is 5.10 Å². The van der Waals surface area contributed by atoms with Crippen molar-refractivity contribution in [2.45, 2.75) is 13.0 Å². The van der Waals surface area contributed by atoms with Gasteiger partial charge in [0.05, 0.1) is 11.8 Å². The van der Waals surface area contributed by atoms with Gasteiger partial charge in [-0.15, -0.1) is 0 Å². The zero-order valence-electron chi connectivity index (χ0n) is 11.8. The number of aromatic nitrogens is 2. The van der Waals surface area contributed by atoms with Gasteiger partial charge in [-0.1, -0.05) is 35.5 Å². The minimum atomic E-state index is -0.705. The highest BCUT2D eigenvalue weighted by atomic mass is 16.4. The van der Waals surface area contributed by atoms with Crippen molar-refractivity contribution in [3.63, 3.8) is 0 Å². The van der Waals surface area contributed by atoms with Gasteiger partial charge < -0.3 is 16.3 Å². The van der Waals surface area contributed by atoms with Gasteiger partial charge in [0.25, 0.3) is 5.91 Å². The van der Waals surface area contributed by atoms with Crippen LogP contribution in [0, 0.1) is 6.92 Å². The lowest BCUT2D eigenvalue weighted by molar-refractivity contribution is 0.0945. The van der Waals surface area contributed by atoms with E-state index in [1.54, 1.807) is 30.8 Å². The molecule has 0 radical (unpaired) electrons. The first kappa shape index (κ1) is 14.6. The highest BCUT2D eigenvalue weighted by Crippen LogP contribution is 2.15. The quantitative estimate of drug-likeness (QED) is 0.337. The van der Waals surface area contributed by atoms with Gasteiger partial charge in [-0.05, 0) is 12.5 Å². The Hall–Kier alpha value is -2.83. The van der Waals surface area contributed by atoms with E-state index < -0.39 is 6.04 Å². The Morgan fingerprint density at radius 3 is 2.62 bits per heavy atom. The minimum Gasteiger partial charge on any atom is -0.409 e. The van der Waals surface area contributed by atoms with Crippen LogP contribution in [0.2, 0.25) is 0 Å². The van der Waals surface area contributed by atoms with Gasteiger partial charge in [0.2, 0.25) is 0 Å². The Balaban J connectivity index is 2.28. The monoisotopic (exact) mass is 287 g/mol. The Morgan fingerprint density at radius 2 is 2.10 bits per heavy atom. The predicted octanol–water partition coefficient (Wildman–Crippen LogP) is 0.946. The molecule has 0 fully saturated rings. The molecule has 0 saturated heterocycles. The highest BCUT2D eigenvalue weighted by Gasteiger charge is 2.21. The molecule has 0 spiro atoms. The van der Waals surface area contributed by atoms with E-state index in [-0.39, 0.29) is 11.7 Å². The molecule has 1 aromatic carbocycles. The standard InChI is InChI=1S/C14H17N5O2/c1-9-11(8-16-19(9)2)14(20)17-12(13(15)18-21)10-6-4-3-5-7-10/h3-8,12,21H,1-2H3,(H2,15,18)(H,17,20). The summed E-state index contributed by atoms with van der Waals surface area (Å²) in [7, 11) is 1.75. The number of nitrogens with two attached hydrogens (primary N) is 1. The molecule has 0 bridgehead atoms. The fourth-order valence-corrected chi connectivity index (χ4v) is 1.96. The molecular weight excluding hydrogens is 270 g/mol. The van der Waals surface area contributed by atoms with Crippen LogP contribution in [-0.2, 0) is 7.05 Å². The zero-order chi connectivity index (χ0) is 15.4. The Morgan fingerprint density at radius 1 is 1.43 bits per heavy atom. The SMILES string of the molecule is Cc1c(C(=O)NC(/C(N)=N/O)c2ccccc2)cnn1C. The number of hydrogen-bond donors (Lipinski definition) is 3. The van der Waals surface area contributed by atoms with Crippen molar-refractivity contribution in [2.24, 2.45) is 17.9 Å². The minimum absolute atomic E-state index is 0.0870. The summed E-state index contributed by atoms with van der Waals surface area (Å²) < 4.78 is 1.61. The number of carbonyl (C=O) groups is 1. The number of aryl methyl sites for hydroxylation is 1. The molecule has 0 aliphatic heterocycles. The lowest BCUT2D eigenvalue weighted by atomic mass is 10.1. The van der Waals surface area contributed by atoms with Gasteiger partial charge in [-0.25, -0.2) is 0 Å². The summed E-state index contributed by atoms with van der Waals surface area (Å²) >= 11 is 0. The molecule has 1 heterocycles. The third kappa shape index (κ3) is 3.02. The molecule has 2 aromatic rings. The molecule has 0 aliphatic carbocycles. The summed E-state index contributed by atoms with van der Waals surface area (Å²) in [5.74, 6) is -0.419. The maximum Gasteiger partial charge on any atom is 0.255 e. The Bertz CT molecular complexity index is 663. The average molecular weight is 287 g/mol. The normalized spacial score (nSPS) is 13.0. The number of amides is 1. The van der Waals surface area contributed by atoms with Crippen LogP contribution in [-0.4, -0.2) is 26.7 Å². The fourth-order valence-electron chi connectivity index (χ4n) is 1.96. The third-order valence-corrected chi connectivity index (χ3v) is 3.30. The van der Waals surface area contributed by atoms with Crippen molar-refractivity contribution in [1.29, 1.82) is 0 Å². The van der Waals surface area contributed by atoms with Crippen molar-refractivity contribution in [3.05, 3.63) is 53.3 Å². The predicted molar refractivity (Wildman–Crippen MR) is 78.0 cm³/mol. The largest absolute Gasteiger partial charge is 0.409 e.